The molecule has 2 aromatic carbocycles. The van der Waals surface area contributed by atoms with Crippen LogP contribution in [-0.4, -0.2) is 28.6 Å². The first kappa shape index (κ1) is 15.2. The number of carbonyl (C=O) groups excluding carboxylic acids is 1. The van der Waals surface area contributed by atoms with Gasteiger partial charge in [0.25, 0.3) is 5.91 Å². The Bertz CT molecular complexity index is 711. The Morgan fingerprint density at radius 1 is 1.00 bits per heavy atom. The van der Waals surface area contributed by atoms with E-state index in [4.69, 9.17) is 5.11 Å². The molecule has 7 nitrogen and oxygen atoms in total. The molecular weight excluding hydrogens is 286 g/mol. The maximum atomic E-state index is 11.9. The van der Waals surface area contributed by atoms with Crippen LogP contribution in [0.1, 0.15) is 10.4 Å². The number of phenolic OH excluding ortho intramolecular Hbond substituents is 1. The quantitative estimate of drug-likeness (QED) is 0.737. The van der Waals surface area contributed by atoms with Gasteiger partial charge in [-0.2, -0.15) is 5.11 Å². The van der Waals surface area contributed by atoms with Gasteiger partial charge in [-0.1, -0.05) is 12.1 Å². The molecule has 0 saturated heterocycles. The van der Waals surface area contributed by atoms with Crippen molar-refractivity contribution in [3.8, 4) is 5.75 Å². The number of hydrogen-bond donors (Lipinski definition) is 3. The molecule has 7 heteroatoms. The van der Waals surface area contributed by atoms with E-state index in [0.29, 0.717) is 11.4 Å². The minimum absolute atomic E-state index is 0.118. The van der Waals surface area contributed by atoms with Gasteiger partial charge >= 0.3 is 5.97 Å². The van der Waals surface area contributed by atoms with Crippen LogP contribution < -0.4 is 5.32 Å². The average Bonchev–Trinajstić information content (AvgIpc) is 2.52. The van der Waals surface area contributed by atoms with E-state index in [0.717, 1.165) is 0 Å². The van der Waals surface area contributed by atoms with Crippen LogP contribution in [0.2, 0.25) is 0 Å². The Balaban J connectivity index is 2.19. The molecule has 112 valence electrons. The summed E-state index contributed by atoms with van der Waals surface area (Å²) in [5, 5.41) is 28.0. The lowest BCUT2D eigenvalue weighted by Gasteiger charge is -2.04. The molecule has 0 spiro atoms. The summed E-state index contributed by atoms with van der Waals surface area (Å²) in [4.78, 5) is 22.4. The van der Waals surface area contributed by atoms with Crippen LogP contribution in [0.5, 0.6) is 5.75 Å². The van der Waals surface area contributed by atoms with Crippen LogP contribution in [0.15, 0.2) is 58.8 Å². The highest BCUT2D eigenvalue weighted by Gasteiger charge is 2.11. The smallest absolute Gasteiger partial charge is 0.322 e. The summed E-state index contributed by atoms with van der Waals surface area (Å²) in [5.74, 6) is -1.55. The van der Waals surface area contributed by atoms with E-state index in [1.807, 2.05) is 0 Å². The van der Waals surface area contributed by atoms with Gasteiger partial charge in [-0.3, -0.25) is 9.59 Å². The summed E-state index contributed by atoms with van der Waals surface area (Å²) in [5.41, 5.74) is 1.06. The Kier molecular flexibility index (Phi) is 4.81. The third kappa shape index (κ3) is 4.14. The second kappa shape index (κ2) is 6.98. The number of aromatic hydroxyl groups is 1. The monoisotopic (exact) mass is 299 g/mol. The van der Waals surface area contributed by atoms with Crippen molar-refractivity contribution in [1.29, 1.82) is 0 Å². The zero-order valence-corrected chi connectivity index (χ0v) is 11.4. The standard InChI is InChI=1S/C15H13N3O4/c19-11-7-5-10(6-8-11)17-18-13-4-2-1-3-12(13)15(22)16-9-14(20)21/h1-8,19H,9H2,(H,16,22)(H,20,21). The van der Waals surface area contributed by atoms with Gasteiger partial charge in [0.2, 0.25) is 0 Å². The fraction of sp³-hybridized carbons (Fsp3) is 0.0667. The van der Waals surface area contributed by atoms with Gasteiger partial charge in [0.05, 0.1) is 16.9 Å². The largest absolute Gasteiger partial charge is 0.508 e. The Morgan fingerprint density at radius 3 is 2.36 bits per heavy atom. The number of benzene rings is 2. The molecule has 22 heavy (non-hydrogen) atoms. The first-order valence-electron chi connectivity index (χ1n) is 6.36. The average molecular weight is 299 g/mol. The summed E-state index contributed by atoms with van der Waals surface area (Å²) in [6, 6.07) is 12.6. The molecule has 2 rings (SSSR count). The normalized spacial score (nSPS) is 10.5. The Labute approximate surface area is 125 Å². The summed E-state index contributed by atoms with van der Waals surface area (Å²) in [6.07, 6.45) is 0. The molecule has 0 unspecified atom stereocenters. The van der Waals surface area contributed by atoms with Crippen molar-refractivity contribution >= 4 is 23.3 Å². The zero-order chi connectivity index (χ0) is 15.9. The minimum Gasteiger partial charge on any atom is -0.508 e. The number of rotatable bonds is 5. The van der Waals surface area contributed by atoms with Gasteiger partial charge in [-0.05, 0) is 36.4 Å². The number of amides is 1. The zero-order valence-electron chi connectivity index (χ0n) is 11.4. The maximum Gasteiger partial charge on any atom is 0.322 e. The molecule has 0 aliphatic rings. The van der Waals surface area contributed by atoms with E-state index in [2.05, 4.69) is 15.5 Å². The summed E-state index contributed by atoms with van der Waals surface area (Å²) in [6.45, 7) is -0.470. The molecule has 2 aromatic rings. The van der Waals surface area contributed by atoms with E-state index in [9.17, 15) is 14.7 Å². The fourth-order valence-electron chi connectivity index (χ4n) is 1.63. The molecule has 0 aliphatic heterocycles. The number of aliphatic carboxylic acids is 1. The topological polar surface area (TPSA) is 111 Å². The Morgan fingerprint density at radius 2 is 1.68 bits per heavy atom. The molecule has 0 bridgehead atoms. The van der Waals surface area contributed by atoms with E-state index >= 15 is 0 Å². The first-order chi connectivity index (χ1) is 10.6. The maximum absolute atomic E-state index is 11.9. The van der Waals surface area contributed by atoms with E-state index < -0.39 is 18.4 Å². The molecule has 0 atom stereocenters. The number of azo groups is 1. The van der Waals surface area contributed by atoms with Crippen molar-refractivity contribution in [3.63, 3.8) is 0 Å². The molecule has 0 aromatic heterocycles. The van der Waals surface area contributed by atoms with Gasteiger partial charge in [-0.15, -0.1) is 5.11 Å². The number of hydrogen-bond acceptors (Lipinski definition) is 5. The molecule has 1 amide bonds. The first-order valence-corrected chi connectivity index (χ1v) is 6.36. The second-order valence-corrected chi connectivity index (χ2v) is 4.31. The van der Waals surface area contributed by atoms with Crippen molar-refractivity contribution in [3.05, 3.63) is 54.1 Å². The SMILES string of the molecule is O=C(O)CNC(=O)c1ccccc1N=Nc1ccc(O)cc1. The van der Waals surface area contributed by atoms with Crippen LogP contribution in [0, 0.1) is 0 Å². The number of nitrogens with one attached hydrogen (secondary N) is 1. The lowest BCUT2D eigenvalue weighted by Crippen LogP contribution is -2.29. The molecule has 0 aliphatic carbocycles. The van der Waals surface area contributed by atoms with Crippen LogP contribution >= 0.6 is 0 Å². The highest BCUT2D eigenvalue weighted by atomic mass is 16.4. The number of carboxylic acid groups (broad SMARTS) is 1. The number of nitrogens with zero attached hydrogens (tertiary/aromatic N) is 2. The van der Waals surface area contributed by atoms with Gasteiger partial charge in [-0.25, -0.2) is 0 Å². The number of carbonyl (C=O) groups is 2. The predicted octanol–water partition coefficient (Wildman–Crippen LogP) is 2.62. The van der Waals surface area contributed by atoms with Gasteiger partial charge in [0.1, 0.15) is 12.3 Å². The second-order valence-electron chi connectivity index (χ2n) is 4.31. The van der Waals surface area contributed by atoms with Crippen LogP contribution in [0.3, 0.4) is 0 Å². The molecule has 0 heterocycles. The highest BCUT2D eigenvalue weighted by molar-refractivity contribution is 6.00. The van der Waals surface area contributed by atoms with Crippen molar-refractivity contribution < 1.29 is 19.8 Å². The third-order valence-electron chi connectivity index (χ3n) is 2.67. The number of phenols is 1. The van der Waals surface area contributed by atoms with Crippen molar-refractivity contribution in [2.45, 2.75) is 0 Å². The minimum atomic E-state index is -1.13. The molecular formula is C15H13N3O4. The summed E-state index contributed by atoms with van der Waals surface area (Å²) < 4.78 is 0. The highest BCUT2D eigenvalue weighted by Crippen LogP contribution is 2.23. The van der Waals surface area contributed by atoms with Crippen molar-refractivity contribution in [2.24, 2.45) is 10.2 Å². The fourth-order valence-corrected chi connectivity index (χ4v) is 1.63. The van der Waals surface area contributed by atoms with E-state index in [1.54, 1.807) is 30.3 Å². The molecule has 0 saturated carbocycles. The lowest BCUT2D eigenvalue weighted by atomic mass is 10.1. The van der Waals surface area contributed by atoms with Crippen LogP contribution in [-0.2, 0) is 4.79 Å². The predicted molar refractivity (Wildman–Crippen MR) is 78.7 cm³/mol. The molecule has 0 radical (unpaired) electrons. The van der Waals surface area contributed by atoms with E-state index in [-0.39, 0.29) is 11.3 Å². The molecule has 3 N–H and O–H groups in total. The summed E-state index contributed by atoms with van der Waals surface area (Å²) in [7, 11) is 0. The van der Waals surface area contributed by atoms with Gasteiger partial charge in [0.15, 0.2) is 0 Å². The third-order valence-corrected chi connectivity index (χ3v) is 2.67. The van der Waals surface area contributed by atoms with E-state index in [1.165, 1.54) is 18.2 Å². The molecule has 0 fully saturated rings. The van der Waals surface area contributed by atoms with Crippen LogP contribution in [0.25, 0.3) is 0 Å². The van der Waals surface area contributed by atoms with Crippen molar-refractivity contribution in [2.75, 3.05) is 6.54 Å². The number of carboxylic acids is 1. The van der Waals surface area contributed by atoms with Crippen LogP contribution in [0.4, 0.5) is 11.4 Å². The summed E-state index contributed by atoms with van der Waals surface area (Å²) >= 11 is 0. The van der Waals surface area contributed by atoms with Gasteiger partial charge in [0, 0.05) is 0 Å². The van der Waals surface area contributed by atoms with Gasteiger partial charge < -0.3 is 15.5 Å². The Hall–Kier alpha value is -3.22. The van der Waals surface area contributed by atoms with Crippen molar-refractivity contribution in [1.82, 2.24) is 5.32 Å². The lowest BCUT2D eigenvalue weighted by molar-refractivity contribution is -0.135.